The van der Waals surface area contributed by atoms with E-state index in [9.17, 15) is 4.79 Å². The summed E-state index contributed by atoms with van der Waals surface area (Å²) in [5.41, 5.74) is 4.04. The largest absolute Gasteiger partial charge is 0.489 e. The van der Waals surface area contributed by atoms with Crippen LogP contribution in [0.4, 0.5) is 0 Å². The van der Waals surface area contributed by atoms with Crippen LogP contribution in [0.5, 0.6) is 5.75 Å². The van der Waals surface area contributed by atoms with Crippen molar-refractivity contribution in [2.45, 2.75) is 6.61 Å². The smallest absolute Gasteiger partial charge is 0.307 e. The number of carbonyl (C=O) groups is 1. The second-order valence-corrected chi connectivity index (χ2v) is 6.11. The van der Waals surface area contributed by atoms with Crippen molar-refractivity contribution in [3.05, 3.63) is 87.8 Å². The normalized spacial score (nSPS) is 10.8. The molecule has 0 unspecified atom stereocenters. The number of carbonyl (C=O) groups excluding carboxylic acids is 1. The zero-order valence-corrected chi connectivity index (χ0v) is 15.0. The third kappa shape index (κ3) is 4.88. The standard InChI is InChI=1S/C19H14Cl2N2O3/c20-15-6-5-14(17(21)10-15)12-26-16-7-3-13(4-8-16)11-22-23-19(24)18-2-1-9-25-18/h1-11H,12H2,(H,23,24)/b22-11+. The van der Waals surface area contributed by atoms with Crippen molar-refractivity contribution in [1.29, 1.82) is 0 Å². The Bertz CT molecular complexity index is 907. The Morgan fingerprint density at radius 1 is 1.15 bits per heavy atom. The van der Waals surface area contributed by atoms with Crippen molar-refractivity contribution < 1.29 is 13.9 Å². The number of amides is 1. The molecule has 0 aliphatic carbocycles. The summed E-state index contributed by atoms with van der Waals surface area (Å²) in [7, 11) is 0. The van der Waals surface area contributed by atoms with Crippen LogP contribution in [0, 0.1) is 0 Å². The van der Waals surface area contributed by atoms with Crippen LogP contribution in [-0.4, -0.2) is 12.1 Å². The number of nitrogens with zero attached hydrogens (tertiary/aromatic N) is 1. The van der Waals surface area contributed by atoms with E-state index in [0.29, 0.717) is 22.4 Å². The first-order chi connectivity index (χ1) is 12.6. The second-order valence-electron chi connectivity index (χ2n) is 5.27. The first kappa shape index (κ1) is 18.0. The van der Waals surface area contributed by atoms with Crippen molar-refractivity contribution in [1.82, 2.24) is 5.43 Å². The van der Waals surface area contributed by atoms with Crippen molar-refractivity contribution in [2.75, 3.05) is 0 Å². The predicted octanol–water partition coefficient (Wildman–Crippen LogP) is 4.93. The summed E-state index contributed by atoms with van der Waals surface area (Å²) in [4.78, 5) is 11.7. The van der Waals surface area contributed by atoms with Crippen molar-refractivity contribution in [2.24, 2.45) is 5.10 Å². The van der Waals surface area contributed by atoms with Crippen LogP contribution in [0.3, 0.4) is 0 Å². The maximum atomic E-state index is 11.7. The second kappa shape index (κ2) is 8.56. The van der Waals surface area contributed by atoms with Gasteiger partial charge in [-0.2, -0.15) is 5.10 Å². The molecule has 5 nitrogen and oxygen atoms in total. The van der Waals surface area contributed by atoms with Gasteiger partial charge in [-0.15, -0.1) is 0 Å². The van der Waals surface area contributed by atoms with E-state index in [2.05, 4.69) is 10.5 Å². The fourth-order valence-electron chi connectivity index (χ4n) is 2.08. The first-order valence-electron chi connectivity index (χ1n) is 7.65. The Balaban J connectivity index is 1.53. The number of nitrogens with one attached hydrogen (secondary N) is 1. The highest BCUT2D eigenvalue weighted by atomic mass is 35.5. The number of furan rings is 1. The monoisotopic (exact) mass is 388 g/mol. The fourth-order valence-corrected chi connectivity index (χ4v) is 2.54. The van der Waals surface area contributed by atoms with Crippen molar-refractivity contribution in [3.63, 3.8) is 0 Å². The molecule has 1 aromatic heterocycles. The first-order valence-corrected chi connectivity index (χ1v) is 8.41. The van der Waals surface area contributed by atoms with Gasteiger partial charge in [0.25, 0.3) is 0 Å². The minimum atomic E-state index is -0.411. The summed E-state index contributed by atoms with van der Waals surface area (Å²) >= 11 is 12.0. The summed E-state index contributed by atoms with van der Waals surface area (Å²) in [5, 5.41) is 5.03. The van der Waals surface area contributed by atoms with E-state index in [-0.39, 0.29) is 5.76 Å². The van der Waals surface area contributed by atoms with E-state index in [1.807, 2.05) is 18.2 Å². The van der Waals surface area contributed by atoms with Gasteiger partial charge in [0.05, 0.1) is 12.5 Å². The average Bonchev–Trinajstić information content (AvgIpc) is 3.17. The third-order valence-electron chi connectivity index (χ3n) is 3.41. The highest BCUT2D eigenvalue weighted by Crippen LogP contribution is 2.22. The van der Waals surface area contributed by atoms with Gasteiger partial charge >= 0.3 is 5.91 Å². The highest BCUT2D eigenvalue weighted by molar-refractivity contribution is 6.35. The Kier molecular flexibility index (Phi) is 5.94. The molecule has 3 rings (SSSR count). The molecule has 132 valence electrons. The Morgan fingerprint density at radius 2 is 1.96 bits per heavy atom. The Morgan fingerprint density at radius 3 is 2.65 bits per heavy atom. The summed E-state index contributed by atoms with van der Waals surface area (Å²) in [5.74, 6) is 0.477. The van der Waals surface area contributed by atoms with Gasteiger partial charge in [-0.25, -0.2) is 5.43 Å². The number of halogens is 2. The maximum Gasteiger partial charge on any atom is 0.307 e. The molecule has 1 heterocycles. The molecule has 1 amide bonds. The molecule has 26 heavy (non-hydrogen) atoms. The molecular formula is C19H14Cl2N2O3. The van der Waals surface area contributed by atoms with Crippen LogP contribution in [-0.2, 0) is 6.61 Å². The number of rotatable bonds is 6. The summed E-state index contributed by atoms with van der Waals surface area (Å²) in [6.07, 6.45) is 2.95. The van der Waals surface area contributed by atoms with E-state index in [1.165, 1.54) is 12.5 Å². The third-order valence-corrected chi connectivity index (χ3v) is 4.00. The topological polar surface area (TPSA) is 63.8 Å². The minimum Gasteiger partial charge on any atom is -0.489 e. The molecule has 0 spiro atoms. The number of ether oxygens (including phenoxy) is 1. The lowest BCUT2D eigenvalue weighted by atomic mass is 10.2. The summed E-state index contributed by atoms with van der Waals surface area (Å²) in [6.45, 7) is 0.336. The van der Waals surface area contributed by atoms with Crippen LogP contribution >= 0.6 is 23.2 Å². The van der Waals surface area contributed by atoms with Crippen LogP contribution in [0.2, 0.25) is 10.0 Å². The SMILES string of the molecule is O=C(N/N=C/c1ccc(OCc2ccc(Cl)cc2Cl)cc1)c1ccco1. The Labute approximate surface area is 160 Å². The molecule has 0 aliphatic heterocycles. The average molecular weight is 389 g/mol. The van der Waals surface area contributed by atoms with Gasteiger partial charge < -0.3 is 9.15 Å². The van der Waals surface area contributed by atoms with Crippen LogP contribution in [0.15, 0.2) is 70.4 Å². The van der Waals surface area contributed by atoms with Gasteiger partial charge in [0, 0.05) is 15.6 Å². The van der Waals surface area contributed by atoms with Gasteiger partial charge in [-0.3, -0.25) is 4.79 Å². The molecular weight excluding hydrogens is 375 g/mol. The molecule has 0 fully saturated rings. The molecule has 0 saturated heterocycles. The van der Waals surface area contributed by atoms with E-state index in [1.54, 1.807) is 36.4 Å². The molecule has 0 radical (unpaired) electrons. The van der Waals surface area contributed by atoms with Gasteiger partial charge in [-0.1, -0.05) is 29.3 Å². The van der Waals surface area contributed by atoms with Crippen LogP contribution in [0.1, 0.15) is 21.7 Å². The fraction of sp³-hybridized carbons (Fsp3) is 0.0526. The minimum absolute atomic E-state index is 0.201. The van der Waals surface area contributed by atoms with Gasteiger partial charge in [-0.05, 0) is 54.1 Å². The molecule has 0 bridgehead atoms. The summed E-state index contributed by atoms with van der Waals surface area (Å²) in [6, 6.07) is 15.7. The zero-order valence-electron chi connectivity index (χ0n) is 13.5. The van der Waals surface area contributed by atoms with Gasteiger partial charge in [0.1, 0.15) is 12.4 Å². The lowest BCUT2D eigenvalue weighted by Crippen LogP contribution is -2.16. The lowest BCUT2D eigenvalue weighted by Gasteiger charge is -2.08. The van der Waals surface area contributed by atoms with Crippen molar-refractivity contribution >= 4 is 35.3 Å². The lowest BCUT2D eigenvalue weighted by molar-refractivity contribution is 0.0927. The molecule has 2 aromatic carbocycles. The zero-order chi connectivity index (χ0) is 18.4. The van der Waals surface area contributed by atoms with E-state index in [4.69, 9.17) is 32.4 Å². The molecule has 0 atom stereocenters. The molecule has 0 aliphatic rings. The maximum absolute atomic E-state index is 11.7. The van der Waals surface area contributed by atoms with Crippen molar-refractivity contribution in [3.8, 4) is 5.75 Å². The quantitative estimate of drug-likeness (QED) is 0.480. The molecule has 3 aromatic rings. The number of benzene rings is 2. The summed E-state index contributed by atoms with van der Waals surface area (Å²) < 4.78 is 10.7. The Hall–Kier alpha value is -2.76. The molecule has 0 saturated carbocycles. The van der Waals surface area contributed by atoms with E-state index in [0.717, 1.165) is 11.1 Å². The van der Waals surface area contributed by atoms with E-state index < -0.39 is 5.91 Å². The van der Waals surface area contributed by atoms with Gasteiger partial charge in [0.2, 0.25) is 0 Å². The predicted molar refractivity (Wildman–Crippen MR) is 101 cm³/mol. The van der Waals surface area contributed by atoms with E-state index >= 15 is 0 Å². The van der Waals surface area contributed by atoms with Gasteiger partial charge in [0.15, 0.2) is 5.76 Å². The number of hydrogen-bond acceptors (Lipinski definition) is 4. The molecule has 1 N–H and O–H groups in total. The number of hydrazone groups is 1. The number of hydrogen-bond donors (Lipinski definition) is 1. The van der Waals surface area contributed by atoms with Crippen LogP contribution in [0.25, 0.3) is 0 Å². The highest BCUT2D eigenvalue weighted by Gasteiger charge is 2.06. The van der Waals surface area contributed by atoms with Crippen LogP contribution < -0.4 is 10.2 Å². The molecule has 7 heteroatoms.